The first-order chi connectivity index (χ1) is 12.5. The largest absolute Gasteiger partial charge is 0.327 e. The number of pyridine rings is 2. The van der Waals surface area contributed by atoms with Gasteiger partial charge in [0.05, 0.1) is 17.4 Å². The van der Waals surface area contributed by atoms with Crippen molar-refractivity contribution >= 4 is 11.7 Å². The molecule has 6 nitrogen and oxygen atoms in total. The summed E-state index contributed by atoms with van der Waals surface area (Å²) in [6, 6.07) is 14.4. The zero-order chi connectivity index (χ0) is 18.5. The number of aromatic amines is 1. The molecule has 0 radical (unpaired) electrons. The lowest BCUT2D eigenvalue weighted by atomic mass is 10.0. The maximum atomic E-state index is 12.5. The summed E-state index contributed by atoms with van der Waals surface area (Å²) in [5.74, 6) is 0. The highest BCUT2D eigenvalue weighted by Gasteiger charge is 2.18. The van der Waals surface area contributed by atoms with E-state index < -0.39 is 0 Å². The lowest BCUT2D eigenvalue weighted by Gasteiger charge is -2.19. The average Bonchev–Trinajstić information content (AvgIpc) is 2.63. The molecule has 2 heterocycles. The number of aryl methyl sites for hydroxylation is 2. The van der Waals surface area contributed by atoms with Crippen LogP contribution in [0.1, 0.15) is 28.4 Å². The molecular weight excluding hydrogens is 328 g/mol. The minimum absolute atomic E-state index is 0.179. The van der Waals surface area contributed by atoms with Gasteiger partial charge in [0.15, 0.2) is 0 Å². The Morgan fingerprint density at radius 3 is 2.65 bits per heavy atom. The predicted molar refractivity (Wildman–Crippen MR) is 101 cm³/mol. The fourth-order valence-corrected chi connectivity index (χ4v) is 2.69. The van der Waals surface area contributed by atoms with Gasteiger partial charge in [-0.3, -0.25) is 9.78 Å². The van der Waals surface area contributed by atoms with Gasteiger partial charge in [-0.2, -0.15) is 0 Å². The lowest BCUT2D eigenvalue weighted by Crippen LogP contribution is -2.34. The van der Waals surface area contributed by atoms with Crippen LogP contribution < -0.4 is 16.2 Å². The van der Waals surface area contributed by atoms with Gasteiger partial charge in [-0.25, -0.2) is 4.79 Å². The molecule has 0 fully saturated rings. The molecule has 0 spiro atoms. The molecule has 3 aromatic rings. The summed E-state index contributed by atoms with van der Waals surface area (Å²) in [5, 5.41) is 5.70. The Kier molecular flexibility index (Phi) is 5.12. The van der Waals surface area contributed by atoms with E-state index in [4.69, 9.17) is 0 Å². The van der Waals surface area contributed by atoms with Gasteiger partial charge in [0.25, 0.3) is 5.56 Å². The summed E-state index contributed by atoms with van der Waals surface area (Å²) in [5.41, 5.74) is 3.65. The van der Waals surface area contributed by atoms with E-state index in [1.54, 1.807) is 19.2 Å². The normalized spacial score (nSPS) is 11.6. The molecule has 2 amide bonds. The van der Waals surface area contributed by atoms with E-state index in [1.165, 1.54) is 6.20 Å². The number of hydrogen-bond acceptors (Lipinski definition) is 3. The van der Waals surface area contributed by atoms with E-state index in [1.807, 2.05) is 49.4 Å². The molecule has 6 heteroatoms. The zero-order valence-electron chi connectivity index (χ0n) is 14.6. The molecule has 1 atom stereocenters. The number of H-pyrrole nitrogens is 1. The number of carbonyl (C=O) groups excluding carboxylic acids is 1. The molecule has 0 aliphatic carbocycles. The van der Waals surface area contributed by atoms with Crippen molar-refractivity contribution in [1.82, 2.24) is 15.3 Å². The highest BCUT2D eigenvalue weighted by molar-refractivity contribution is 5.89. The molecule has 1 aromatic carbocycles. The number of amides is 2. The Morgan fingerprint density at radius 2 is 1.96 bits per heavy atom. The smallest absolute Gasteiger partial charge is 0.320 e. The molecule has 0 bridgehead atoms. The zero-order valence-corrected chi connectivity index (χ0v) is 14.6. The number of aromatic nitrogens is 2. The second kappa shape index (κ2) is 7.65. The van der Waals surface area contributed by atoms with Crippen molar-refractivity contribution in [3.8, 4) is 0 Å². The van der Waals surface area contributed by atoms with Gasteiger partial charge in [0.1, 0.15) is 0 Å². The van der Waals surface area contributed by atoms with Gasteiger partial charge < -0.3 is 15.6 Å². The number of rotatable bonds is 4. The van der Waals surface area contributed by atoms with Crippen LogP contribution in [0.2, 0.25) is 0 Å². The van der Waals surface area contributed by atoms with E-state index in [2.05, 4.69) is 20.6 Å². The van der Waals surface area contributed by atoms with E-state index in [0.29, 0.717) is 11.3 Å². The Bertz CT molecular complexity index is 967. The van der Waals surface area contributed by atoms with Gasteiger partial charge in [-0.15, -0.1) is 0 Å². The number of carbonyl (C=O) groups is 1. The fraction of sp³-hybridized carbons (Fsp3) is 0.150. The molecule has 3 rings (SSSR count). The van der Waals surface area contributed by atoms with Crippen LogP contribution in [0.25, 0.3) is 0 Å². The summed E-state index contributed by atoms with van der Waals surface area (Å²) in [6.45, 7) is 3.69. The molecular formula is C20H20N4O2. The predicted octanol–water partition coefficient (Wildman–Crippen LogP) is 3.30. The number of nitrogens with one attached hydrogen (secondary N) is 3. The lowest BCUT2D eigenvalue weighted by molar-refractivity contribution is 0.250. The third kappa shape index (κ3) is 4.16. The van der Waals surface area contributed by atoms with Gasteiger partial charge in [0.2, 0.25) is 0 Å². The third-order valence-corrected chi connectivity index (χ3v) is 3.98. The van der Waals surface area contributed by atoms with Crippen LogP contribution >= 0.6 is 0 Å². The average molecular weight is 348 g/mol. The molecule has 0 saturated carbocycles. The van der Waals surface area contributed by atoms with E-state index in [9.17, 15) is 9.59 Å². The molecule has 0 saturated heterocycles. The molecule has 132 valence electrons. The van der Waals surface area contributed by atoms with Crippen molar-refractivity contribution in [2.45, 2.75) is 19.9 Å². The summed E-state index contributed by atoms with van der Waals surface area (Å²) >= 11 is 0. The Labute approximate surface area is 151 Å². The molecule has 2 aromatic heterocycles. The molecule has 3 N–H and O–H groups in total. The number of anilines is 1. The van der Waals surface area contributed by atoms with Crippen LogP contribution in [0.5, 0.6) is 0 Å². The topological polar surface area (TPSA) is 86.9 Å². The minimum Gasteiger partial charge on any atom is -0.327 e. The van der Waals surface area contributed by atoms with E-state index in [-0.39, 0.29) is 17.6 Å². The second-order valence-corrected chi connectivity index (χ2v) is 6.10. The summed E-state index contributed by atoms with van der Waals surface area (Å²) in [7, 11) is 0. The van der Waals surface area contributed by atoms with Crippen LogP contribution in [-0.2, 0) is 0 Å². The number of nitrogens with zero attached hydrogens (tertiary/aromatic N) is 1. The summed E-state index contributed by atoms with van der Waals surface area (Å²) in [4.78, 5) is 30.9. The highest BCUT2D eigenvalue weighted by atomic mass is 16.2. The molecule has 0 aliphatic heterocycles. The van der Waals surface area contributed by atoms with Crippen LogP contribution in [0, 0.1) is 13.8 Å². The van der Waals surface area contributed by atoms with Crippen LogP contribution in [0.4, 0.5) is 10.5 Å². The summed E-state index contributed by atoms with van der Waals surface area (Å²) < 4.78 is 0. The van der Waals surface area contributed by atoms with Gasteiger partial charge >= 0.3 is 6.03 Å². The number of benzene rings is 1. The van der Waals surface area contributed by atoms with Gasteiger partial charge in [-0.05, 0) is 37.6 Å². The molecule has 26 heavy (non-hydrogen) atoms. The minimum atomic E-state index is -0.389. The Morgan fingerprint density at radius 1 is 1.12 bits per heavy atom. The van der Waals surface area contributed by atoms with E-state index in [0.717, 1.165) is 16.8 Å². The van der Waals surface area contributed by atoms with E-state index >= 15 is 0 Å². The second-order valence-electron chi connectivity index (χ2n) is 6.10. The van der Waals surface area contributed by atoms with Gasteiger partial charge in [0, 0.05) is 18.0 Å². The van der Waals surface area contributed by atoms with Crippen molar-refractivity contribution in [1.29, 1.82) is 0 Å². The van der Waals surface area contributed by atoms with Crippen molar-refractivity contribution in [2.75, 3.05) is 5.32 Å². The first-order valence-electron chi connectivity index (χ1n) is 8.27. The van der Waals surface area contributed by atoms with Crippen LogP contribution in [0.15, 0.2) is 65.7 Å². The van der Waals surface area contributed by atoms with Crippen molar-refractivity contribution < 1.29 is 4.79 Å². The quantitative estimate of drug-likeness (QED) is 0.676. The SMILES string of the molecule is Cc1cccc(C(NC(=O)Nc2c[nH]c(=O)c(C)c2)c2ccccn2)c1. The first kappa shape index (κ1) is 17.4. The number of urea groups is 1. The van der Waals surface area contributed by atoms with Crippen LogP contribution in [0.3, 0.4) is 0 Å². The Hall–Kier alpha value is -3.41. The maximum Gasteiger partial charge on any atom is 0.320 e. The van der Waals surface area contributed by atoms with Gasteiger partial charge in [-0.1, -0.05) is 35.9 Å². The van der Waals surface area contributed by atoms with Crippen molar-refractivity contribution in [3.05, 3.63) is 93.7 Å². The standard InChI is InChI=1S/C20H20N4O2/c1-13-6-5-7-15(10-13)18(17-8-3-4-9-21-17)24-20(26)23-16-11-14(2)19(25)22-12-16/h3-12,18H,1-2H3,(H,22,25)(H2,23,24,26). The Balaban J connectivity index is 1.84. The molecule has 0 aliphatic rings. The molecule has 1 unspecified atom stereocenters. The summed E-state index contributed by atoms with van der Waals surface area (Å²) in [6.07, 6.45) is 3.17. The first-order valence-corrected chi connectivity index (χ1v) is 8.27. The third-order valence-electron chi connectivity index (χ3n) is 3.98. The monoisotopic (exact) mass is 348 g/mol. The van der Waals surface area contributed by atoms with Crippen LogP contribution in [-0.4, -0.2) is 16.0 Å². The highest BCUT2D eigenvalue weighted by Crippen LogP contribution is 2.21. The van der Waals surface area contributed by atoms with Crippen molar-refractivity contribution in [2.24, 2.45) is 0 Å². The maximum absolute atomic E-state index is 12.5. The number of hydrogen-bond donors (Lipinski definition) is 3. The van der Waals surface area contributed by atoms with Crippen molar-refractivity contribution in [3.63, 3.8) is 0 Å². The fourth-order valence-electron chi connectivity index (χ4n) is 2.69.